The molecule has 82 valence electrons. The van der Waals surface area contributed by atoms with Gasteiger partial charge in [-0.2, -0.15) is 0 Å². The summed E-state index contributed by atoms with van der Waals surface area (Å²) < 4.78 is 0. The van der Waals surface area contributed by atoms with Crippen LogP contribution in [-0.2, 0) is 0 Å². The topological polar surface area (TPSA) is 15.6 Å². The number of benzene rings is 1. The molecule has 0 radical (unpaired) electrons. The van der Waals surface area contributed by atoms with Gasteiger partial charge in [0, 0.05) is 12.3 Å². The van der Waals surface area contributed by atoms with Crippen molar-refractivity contribution in [2.45, 2.75) is 13.8 Å². The Bertz CT molecular complexity index is 323. The van der Waals surface area contributed by atoms with Gasteiger partial charge in [0.05, 0.1) is 6.54 Å². The normalized spacial score (nSPS) is 12.2. The maximum Gasteiger partial charge on any atom is 0.0519 e. The minimum absolute atomic E-state index is 0.868. The van der Waals surface area contributed by atoms with Crippen molar-refractivity contribution in [3.05, 3.63) is 35.4 Å². The summed E-state index contributed by atoms with van der Waals surface area (Å²) >= 11 is 0. The highest BCUT2D eigenvalue weighted by Crippen LogP contribution is 2.04. The Morgan fingerprint density at radius 2 is 1.80 bits per heavy atom. The summed E-state index contributed by atoms with van der Waals surface area (Å²) in [5.41, 5.74) is 3.64. The first-order chi connectivity index (χ1) is 7.09. The zero-order chi connectivity index (χ0) is 11.3. The Hall–Kier alpha value is -1.15. The summed E-state index contributed by atoms with van der Waals surface area (Å²) in [6.07, 6.45) is 0. The van der Waals surface area contributed by atoms with Gasteiger partial charge in [-0.1, -0.05) is 29.8 Å². The van der Waals surface area contributed by atoms with Crippen molar-refractivity contribution in [1.29, 1.82) is 0 Å². The van der Waals surface area contributed by atoms with Gasteiger partial charge in [0.2, 0.25) is 0 Å². The molecular formula is C13H20N2. The second kappa shape index (κ2) is 5.66. The van der Waals surface area contributed by atoms with E-state index in [1.165, 1.54) is 11.1 Å². The molecule has 1 aromatic rings. The van der Waals surface area contributed by atoms with Crippen molar-refractivity contribution in [3.8, 4) is 0 Å². The van der Waals surface area contributed by atoms with E-state index in [1.54, 1.807) is 0 Å². The fourth-order valence-corrected chi connectivity index (χ4v) is 1.30. The van der Waals surface area contributed by atoms with Gasteiger partial charge >= 0.3 is 0 Å². The molecule has 0 aliphatic rings. The molecule has 0 atom stereocenters. The lowest BCUT2D eigenvalue weighted by Crippen LogP contribution is -2.16. The molecule has 0 spiro atoms. The average Bonchev–Trinajstić information content (AvgIpc) is 2.18. The van der Waals surface area contributed by atoms with Gasteiger partial charge in [0.1, 0.15) is 0 Å². The molecule has 0 bridgehead atoms. The van der Waals surface area contributed by atoms with Crippen LogP contribution in [0.2, 0.25) is 0 Å². The third-order valence-corrected chi connectivity index (χ3v) is 2.37. The highest BCUT2D eigenvalue weighted by molar-refractivity contribution is 5.98. The number of rotatable bonds is 4. The van der Waals surface area contributed by atoms with Crippen LogP contribution in [0.3, 0.4) is 0 Å². The highest BCUT2D eigenvalue weighted by Gasteiger charge is 1.96. The maximum absolute atomic E-state index is 4.54. The predicted molar refractivity (Wildman–Crippen MR) is 66.8 cm³/mol. The molecule has 0 fully saturated rings. The SMILES string of the molecule is CC(=NCCN(C)C)c1ccc(C)cc1. The van der Waals surface area contributed by atoms with E-state index < -0.39 is 0 Å². The van der Waals surface area contributed by atoms with Crippen molar-refractivity contribution < 1.29 is 0 Å². The van der Waals surface area contributed by atoms with Crippen molar-refractivity contribution >= 4 is 5.71 Å². The molecule has 1 rings (SSSR count). The Kier molecular flexibility index (Phi) is 4.50. The molecule has 0 N–H and O–H groups in total. The number of aliphatic imine (C=N–C) groups is 1. The van der Waals surface area contributed by atoms with Gasteiger partial charge in [-0.15, -0.1) is 0 Å². The standard InChI is InChI=1S/C13H20N2/c1-11-5-7-13(8-6-11)12(2)14-9-10-15(3)4/h5-8H,9-10H2,1-4H3. The molecule has 0 saturated carbocycles. The van der Waals surface area contributed by atoms with Crippen LogP contribution in [0, 0.1) is 6.92 Å². The van der Waals surface area contributed by atoms with E-state index in [0.717, 1.165) is 18.8 Å². The Morgan fingerprint density at radius 3 is 2.33 bits per heavy atom. The second-order valence-electron chi connectivity index (χ2n) is 4.14. The largest absolute Gasteiger partial charge is 0.308 e. The van der Waals surface area contributed by atoms with Gasteiger partial charge in [-0.25, -0.2) is 0 Å². The molecular weight excluding hydrogens is 184 g/mol. The zero-order valence-corrected chi connectivity index (χ0v) is 10.1. The van der Waals surface area contributed by atoms with Gasteiger partial charge in [-0.3, -0.25) is 4.99 Å². The molecule has 2 heteroatoms. The Balaban J connectivity index is 2.59. The summed E-state index contributed by atoms with van der Waals surface area (Å²) in [5, 5.41) is 0. The van der Waals surface area contributed by atoms with Crippen LogP contribution in [0.25, 0.3) is 0 Å². The average molecular weight is 204 g/mol. The number of aryl methyl sites for hydroxylation is 1. The highest BCUT2D eigenvalue weighted by atomic mass is 15.1. The number of likely N-dealkylation sites (N-methyl/N-ethyl adjacent to an activating group) is 1. The zero-order valence-electron chi connectivity index (χ0n) is 10.1. The lowest BCUT2D eigenvalue weighted by Gasteiger charge is -2.07. The Morgan fingerprint density at radius 1 is 1.20 bits per heavy atom. The van der Waals surface area contributed by atoms with E-state index in [0.29, 0.717) is 0 Å². The maximum atomic E-state index is 4.54. The lowest BCUT2D eigenvalue weighted by atomic mass is 10.1. The molecule has 2 nitrogen and oxygen atoms in total. The summed E-state index contributed by atoms with van der Waals surface area (Å²) in [6.45, 7) is 6.04. The molecule has 0 saturated heterocycles. The first kappa shape index (κ1) is 11.9. The molecule has 0 unspecified atom stereocenters. The third kappa shape index (κ3) is 4.26. The van der Waals surface area contributed by atoms with E-state index >= 15 is 0 Å². The van der Waals surface area contributed by atoms with Crippen LogP contribution in [0.1, 0.15) is 18.1 Å². The van der Waals surface area contributed by atoms with Crippen LogP contribution < -0.4 is 0 Å². The van der Waals surface area contributed by atoms with Crippen molar-refractivity contribution in [2.24, 2.45) is 4.99 Å². The number of nitrogens with zero attached hydrogens (tertiary/aromatic N) is 2. The van der Waals surface area contributed by atoms with E-state index in [-0.39, 0.29) is 0 Å². The fraction of sp³-hybridized carbons (Fsp3) is 0.462. The Labute approximate surface area is 92.6 Å². The van der Waals surface area contributed by atoms with Crippen LogP contribution in [-0.4, -0.2) is 37.8 Å². The fourth-order valence-electron chi connectivity index (χ4n) is 1.30. The molecule has 1 aromatic carbocycles. The van der Waals surface area contributed by atoms with Gasteiger partial charge in [0.25, 0.3) is 0 Å². The third-order valence-electron chi connectivity index (χ3n) is 2.37. The molecule has 0 heterocycles. The van der Waals surface area contributed by atoms with Crippen molar-refractivity contribution in [1.82, 2.24) is 4.90 Å². The number of hydrogen-bond acceptors (Lipinski definition) is 2. The molecule has 0 aliphatic carbocycles. The molecule has 0 aromatic heterocycles. The van der Waals surface area contributed by atoms with Crippen LogP contribution in [0.4, 0.5) is 0 Å². The minimum Gasteiger partial charge on any atom is -0.308 e. The van der Waals surface area contributed by atoms with E-state index in [1.807, 2.05) is 0 Å². The molecule has 0 aliphatic heterocycles. The van der Waals surface area contributed by atoms with Crippen molar-refractivity contribution in [2.75, 3.05) is 27.2 Å². The van der Waals surface area contributed by atoms with E-state index in [2.05, 4.69) is 62.1 Å². The van der Waals surface area contributed by atoms with Crippen LogP contribution in [0.15, 0.2) is 29.3 Å². The first-order valence-electron chi connectivity index (χ1n) is 5.32. The minimum atomic E-state index is 0.868. The quantitative estimate of drug-likeness (QED) is 0.687. The number of hydrogen-bond donors (Lipinski definition) is 0. The first-order valence-corrected chi connectivity index (χ1v) is 5.32. The molecule has 0 amide bonds. The summed E-state index contributed by atoms with van der Waals surface area (Å²) in [5.74, 6) is 0. The lowest BCUT2D eigenvalue weighted by molar-refractivity contribution is 0.420. The van der Waals surface area contributed by atoms with E-state index in [9.17, 15) is 0 Å². The second-order valence-corrected chi connectivity index (χ2v) is 4.14. The van der Waals surface area contributed by atoms with Gasteiger partial charge in [-0.05, 0) is 33.5 Å². The van der Waals surface area contributed by atoms with Crippen molar-refractivity contribution in [3.63, 3.8) is 0 Å². The predicted octanol–water partition coefficient (Wildman–Crippen LogP) is 2.37. The monoisotopic (exact) mass is 204 g/mol. The van der Waals surface area contributed by atoms with E-state index in [4.69, 9.17) is 0 Å². The van der Waals surface area contributed by atoms with Crippen LogP contribution >= 0.6 is 0 Å². The summed E-state index contributed by atoms with van der Waals surface area (Å²) in [4.78, 5) is 6.68. The smallest absolute Gasteiger partial charge is 0.0519 e. The summed E-state index contributed by atoms with van der Waals surface area (Å²) in [6, 6.07) is 8.51. The van der Waals surface area contributed by atoms with Gasteiger partial charge in [0.15, 0.2) is 0 Å². The summed E-state index contributed by atoms with van der Waals surface area (Å²) in [7, 11) is 4.13. The van der Waals surface area contributed by atoms with Crippen LogP contribution in [0.5, 0.6) is 0 Å². The van der Waals surface area contributed by atoms with Gasteiger partial charge < -0.3 is 4.90 Å². The molecule has 15 heavy (non-hydrogen) atoms.